The smallest absolute Gasteiger partial charge is 0.149 e. The minimum Gasteiger partial charge on any atom is -0.380 e. The van der Waals surface area contributed by atoms with Gasteiger partial charge in [0.1, 0.15) is 11.6 Å². The minimum absolute atomic E-state index is 0.167. The van der Waals surface area contributed by atoms with E-state index >= 15 is 0 Å². The molecule has 100 valence electrons. The number of halogens is 2. The molecule has 1 saturated heterocycles. The van der Waals surface area contributed by atoms with Crippen molar-refractivity contribution >= 4 is 5.69 Å². The molecule has 1 fully saturated rings. The molecule has 1 aromatic rings. The topological polar surface area (TPSA) is 24.1 Å². The molecule has 0 radical (unpaired) electrons. The minimum atomic E-state index is -0.542. The van der Waals surface area contributed by atoms with Crippen molar-refractivity contribution in [3.63, 3.8) is 0 Å². The maximum atomic E-state index is 13.5. The molecule has 0 saturated carbocycles. The Morgan fingerprint density at radius 2 is 2.22 bits per heavy atom. The van der Waals surface area contributed by atoms with Gasteiger partial charge in [-0.3, -0.25) is 0 Å². The Hall–Kier alpha value is -1.16. The molecule has 1 aromatic carbocycles. The summed E-state index contributed by atoms with van der Waals surface area (Å²) in [6.45, 7) is 3.10. The van der Waals surface area contributed by atoms with Crippen molar-refractivity contribution < 1.29 is 8.78 Å². The second kappa shape index (κ2) is 6.14. The number of hydrogen-bond donors (Lipinski definition) is 2. The zero-order valence-corrected chi connectivity index (χ0v) is 10.7. The molecular formula is C14H20F2N2. The third-order valence-electron chi connectivity index (χ3n) is 3.38. The Morgan fingerprint density at radius 1 is 1.39 bits per heavy atom. The summed E-state index contributed by atoms with van der Waals surface area (Å²) in [4.78, 5) is 0. The number of rotatable bonds is 4. The molecule has 1 heterocycles. The van der Waals surface area contributed by atoms with E-state index < -0.39 is 11.6 Å². The maximum absolute atomic E-state index is 13.5. The average molecular weight is 254 g/mol. The molecule has 0 bridgehead atoms. The highest BCUT2D eigenvalue weighted by atomic mass is 19.1. The number of hydrogen-bond acceptors (Lipinski definition) is 2. The summed E-state index contributed by atoms with van der Waals surface area (Å²) >= 11 is 0. The van der Waals surface area contributed by atoms with Crippen molar-refractivity contribution in [3.8, 4) is 0 Å². The molecular weight excluding hydrogens is 234 g/mol. The zero-order valence-electron chi connectivity index (χ0n) is 10.7. The first-order valence-electron chi connectivity index (χ1n) is 6.60. The fraction of sp³-hybridized carbons (Fsp3) is 0.571. The van der Waals surface area contributed by atoms with Crippen molar-refractivity contribution in [2.45, 2.75) is 44.7 Å². The van der Waals surface area contributed by atoms with Crippen LogP contribution in [0.1, 0.15) is 32.6 Å². The van der Waals surface area contributed by atoms with Crippen LogP contribution in [0.5, 0.6) is 0 Å². The predicted molar refractivity (Wildman–Crippen MR) is 69.7 cm³/mol. The van der Waals surface area contributed by atoms with Crippen LogP contribution in [0.2, 0.25) is 0 Å². The van der Waals surface area contributed by atoms with Crippen molar-refractivity contribution in [3.05, 3.63) is 29.8 Å². The lowest BCUT2D eigenvalue weighted by Crippen LogP contribution is -2.37. The Morgan fingerprint density at radius 3 is 2.89 bits per heavy atom. The van der Waals surface area contributed by atoms with Gasteiger partial charge in [-0.1, -0.05) is 6.42 Å². The van der Waals surface area contributed by atoms with E-state index in [9.17, 15) is 8.78 Å². The lowest BCUT2D eigenvalue weighted by atomic mass is 9.98. The van der Waals surface area contributed by atoms with Gasteiger partial charge in [0.15, 0.2) is 0 Å². The molecule has 0 amide bonds. The molecule has 2 rings (SSSR count). The Balaban J connectivity index is 1.87. The summed E-state index contributed by atoms with van der Waals surface area (Å²) in [5.41, 5.74) is 0.375. The molecule has 2 atom stereocenters. The SMILES string of the molecule is CC(CC1CCCCN1)Nc1ccc(F)cc1F. The van der Waals surface area contributed by atoms with Crippen molar-refractivity contribution in [1.29, 1.82) is 0 Å². The Labute approximate surface area is 107 Å². The summed E-state index contributed by atoms with van der Waals surface area (Å²) in [5, 5.41) is 6.57. The standard InChI is InChI=1S/C14H20F2N2/c1-10(8-12-4-2-3-7-17-12)18-14-6-5-11(15)9-13(14)16/h5-6,9-10,12,17-18H,2-4,7-8H2,1H3. The van der Waals surface area contributed by atoms with Gasteiger partial charge in [-0.2, -0.15) is 0 Å². The van der Waals surface area contributed by atoms with Crippen LogP contribution in [0.15, 0.2) is 18.2 Å². The van der Waals surface area contributed by atoms with Gasteiger partial charge in [-0.25, -0.2) is 8.78 Å². The third-order valence-corrected chi connectivity index (χ3v) is 3.38. The molecule has 0 aromatic heterocycles. The monoisotopic (exact) mass is 254 g/mol. The van der Waals surface area contributed by atoms with Crippen LogP contribution in [-0.2, 0) is 0 Å². The number of piperidine rings is 1. The fourth-order valence-corrected chi connectivity index (χ4v) is 2.48. The normalized spacial score (nSPS) is 21.6. The van der Waals surface area contributed by atoms with Gasteiger partial charge in [0.25, 0.3) is 0 Å². The molecule has 2 nitrogen and oxygen atoms in total. The lowest BCUT2D eigenvalue weighted by Gasteiger charge is -2.27. The van der Waals surface area contributed by atoms with E-state index in [-0.39, 0.29) is 6.04 Å². The summed E-state index contributed by atoms with van der Waals surface area (Å²) in [6, 6.07) is 4.31. The van der Waals surface area contributed by atoms with Gasteiger partial charge in [0.2, 0.25) is 0 Å². The highest BCUT2D eigenvalue weighted by Gasteiger charge is 2.16. The molecule has 2 N–H and O–H groups in total. The second-order valence-electron chi connectivity index (χ2n) is 5.05. The number of nitrogens with one attached hydrogen (secondary N) is 2. The first-order chi connectivity index (χ1) is 8.65. The van der Waals surface area contributed by atoms with Gasteiger partial charge in [0, 0.05) is 18.2 Å². The van der Waals surface area contributed by atoms with Gasteiger partial charge in [-0.05, 0) is 44.9 Å². The number of benzene rings is 1. The van der Waals surface area contributed by atoms with Crippen LogP contribution in [-0.4, -0.2) is 18.6 Å². The van der Waals surface area contributed by atoms with E-state index in [1.54, 1.807) is 0 Å². The highest BCUT2D eigenvalue weighted by Crippen LogP contribution is 2.18. The van der Waals surface area contributed by atoms with Gasteiger partial charge >= 0.3 is 0 Å². The van der Waals surface area contributed by atoms with E-state index in [0.717, 1.165) is 19.0 Å². The molecule has 1 aliphatic rings. The lowest BCUT2D eigenvalue weighted by molar-refractivity contribution is 0.371. The quantitative estimate of drug-likeness (QED) is 0.861. The summed E-state index contributed by atoms with van der Waals surface area (Å²) < 4.78 is 26.3. The third kappa shape index (κ3) is 3.67. The first-order valence-corrected chi connectivity index (χ1v) is 6.60. The van der Waals surface area contributed by atoms with Crippen molar-refractivity contribution in [2.75, 3.05) is 11.9 Å². The van der Waals surface area contributed by atoms with Gasteiger partial charge in [0.05, 0.1) is 5.69 Å². The predicted octanol–water partition coefficient (Wildman–Crippen LogP) is 3.30. The molecule has 1 aliphatic heterocycles. The zero-order chi connectivity index (χ0) is 13.0. The van der Waals surface area contributed by atoms with Crippen molar-refractivity contribution in [2.24, 2.45) is 0 Å². The van der Waals surface area contributed by atoms with Crippen LogP contribution < -0.4 is 10.6 Å². The molecule has 0 aliphatic carbocycles. The van der Waals surface area contributed by atoms with Gasteiger partial charge in [-0.15, -0.1) is 0 Å². The second-order valence-corrected chi connectivity index (χ2v) is 5.05. The van der Waals surface area contributed by atoms with Gasteiger partial charge < -0.3 is 10.6 Å². The van der Waals surface area contributed by atoms with E-state index in [0.29, 0.717) is 11.7 Å². The molecule has 18 heavy (non-hydrogen) atoms. The van der Waals surface area contributed by atoms with E-state index in [4.69, 9.17) is 0 Å². The van der Waals surface area contributed by atoms with E-state index in [1.807, 2.05) is 6.92 Å². The Bertz CT molecular complexity index is 389. The van der Waals surface area contributed by atoms with Crippen LogP contribution in [0.25, 0.3) is 0 Å². The summed E-state index contributed by atoms with van der Waals surface area (Å²) in [5.74, 6) is -1.07. The van der Waals surface area contributed by atoms with E-state index in [2.05, 4.69) is 10.6 Å². The Kier molecular flexibility index (Phi) is 4.53. The van der Waals surface area contributed by atoms with Crippen LogP contribution in [0.4, 0.5) is 14.5 Å². The molecule has 4 heteroatoms. The molecule has 2 unspecified atom stereocenters. The maximum Gasteiger partial charge on any atom is 0.149 e. The summed E-state index contributed by atoms with van der Waals surface area (Å²) in [7, 11) is 0. The first kappa shape index (κ1) is 13.3. The van der Waals surface area contributed by atoms with E-state index in [1.165, 1.54) is 31.4 Å². The largest absolute Gasteiger partial charge is 0.380 e. The summed E-state index contributed by atoms with van der Waals surface area (Å²) in [6.07, 6.45) is 4.63. The highest BCUT2D eigenvalue weighted by molar-refractivity contribution is 5.45. The van der Waals surface area contributed by atoms with Crippen LogP contribution in [0.3, 0.4) is 0 Å². The van der Waals surface area contributed by atoms with Crippen LogP contribution >= 0.6 is 0 Å². The van der Waals surface area contributed by atoms with Crippen molar-refractivity contribution in [1.82, 2.24) is 5.32 Å². The number of anilines is 1. The fourth-order valence-electron chi connectivity index (χ4n) is 2.48. The average Bonchev–Trinajstić information content (AvgIpc) is 2.34. The van der Waals surface area contributed by atoms with Crippen LogP contribution in [0, 0.1) is 11.6 Å². The molecule has 0 spiro atoms.